The molecule has 1 unspecified atom stereocenters. The third-order valence-corrected chi connectivity index (χ3v) is 2.86. The van der Waals surface area contributed by atoms with Gasteiger partial charge in [-0.15, -0.1) is 0 Å². The summed E-state index contributed by atoms with van der Waals surface area (Å²) in [6.07, 6.45) is -0.0597. The van der Waals surface area contributed by atoms with Crippen LogP contribution in [-0.2, 0) is 0 Å². The van der Waals surface area contributed by atoms with Crippen molar-refractivity contribution in [1.82, 2.24) is 0 Å². The third kappa shape index (κ3) is 2.92. The Morgan fingerprint density at radius 3 is 2.35 bits per heavy atom. The molecule has 0 saturated carbocycles. The van der Waals surface area contributed by atoms with Crippen LogP contribution in [-0.4, -0.2) is 0 Å². The summed E-state index contributed by atoms with van der Waals surface area (Å²) in [5.74, 6) is 0.693. The summed E-state index contributed by atoms with van der Waals surface area (Å²) in [5.41, 5.74) is 7.46. The van der Waals surface area contributed by atoms with Gasteiger partial charge in [0.05, 0.1) is 5.02 Å². The van der Waals surface area contributed by atoms with E-state index < -0.39 is 0 Å². The highest BCUT2D eigenvalue weighted by molar-refractivity contribution is 6.32. The smallest absolute Gasteiger partial charge is 0.138 e. The lowest BCUT2D eigenvalue weighted by Gasteiger charge is -2.16. The molecule has 0 aliphatic heterocycles. The van der Waals surface area contributed by atoms with Gasteiger partial charge in [-0.25, -0.2) is 0 Å². The van der Waals surface area contributed by atoms with Crippen LogP contribution in [0.15, 0.2) is 48.5 Å². The van der Waals surface area contributed by atoms with Gasteiger partial charge in [-0.05, 0) is 36.8 Å². The van der Waals surface area contributed by atoms with Crippen LogP contribution in [0.25, 0.3) is 0 Å². The fourth-order valence-corrected chi connectivity index (χ4v) is 1.75. The highest BCUT2D eigenvalue weighted by Gasteiger charge is 2.08. The van der Waals surface area contributed by atoms with Gasteiger partial charge in [0.1, 0.15) is 11.9 Å². The second kappa shape index (κ2) is 5.11. The maximum Gasteiger partial charge on any atom is 0.138 e. The van der Waals surface area contributed by atoms with Crippen LogP contribution in [0.3, 0.4) is 0 Å². The molecular formula is C14H14ClNO. The highest BCUT2D eigenvalue weighted by Crippen LogP contribution is 2.28. The largest absolute Gasteiger partial charge is 0.484 e. The Hall–Kier alpha value is -1.67. The number of rotatable bonds is 3. The molecule has 2 rings (SSSR count). The lowest BCUT2D eigenvalue weighted by molar-refractivity contribution is 0.227. The minimum Gasteiger partial charge on any atom is -0.484 e. The second-order valence-corrected chi connectivity index (χ2v) is 4.26. The summed E-state index contributed by atoms with van der Waals surface area (Å²) in [4.78, 5) is 0. The summed E-state index contributed by atoms with van der Waals surface area (Å²) in [6, 6.07) is 15.1. The van der Waals surface area contributed by atoms with E-state index in [1.165, 1.54) is 0 Å². The first-order chi connectivity index (χ1) is 8.16. The van der Waals surface area contributed by atoms with Crippen LogP contribution in [0, 0.1) is 0 Å². The Morgan fingerprint density at radius 2 is 1.71 bits per heavy atom. The molecule has 0 heterocycles. The Labute approximate surface area is 106 Å². The van der Waals surface area contributed by atoms with Crippen molar-refractivity contribution in [3.63, 3.8) is 0 Å². The monoisotopic (exact) mass is 247 g/mol. The molecule has 2 aromatic carbocycles. The molecule has 2 nitrogen and oxygen atoms in total. The number of halogens is 1. The SMILES string of the molecule is CC(Oc1ccccc1Cl)c1ccc(N)cc1. The predicted octanol–water partition coefficient (Wildman–Crippen LogP) is 4.06. The van der Waals surface area contributed by atoms with E-state index in [1.54, 1.807) is 0 Å². The molecule has 1 atom stereocenters. The Balaban J connectivity index is 2.14. The lowest BCUT2D eigenvalue weighted by atomic mass is 10.1. The minimum absolute atomic E-state index is 0.0597. The van der Waals surface area contributed by atoms with Crippen molar-refractivity contribution in [3.8, 4) is 5.75 Å². The van der Waals surface area contributed by atoms with Gasteiger partial charge in [0, 0.05) is 5.69 Å². The van der Waals surface area contributed by atoms with E-state index in [0.29, 0.717) is 10.8 Å². The summed E-state index contributed by atoms with van der Waals surface area (Å²) >= 11 is 6.04. The zero-order valence-electron chi connectivity index (χ0n) is 9.56. The molecule has 88 valence electrons. The molecule has 2 N–H and O–H groups in total. The molecule has 3 heteroatoms. The van der Waals surface area contributed by atoms with E-state index in [2.05, 4.69) is 0 Å². The molecule has 0 aliphatic carbocycles. The first-order valence-corrected chi connectivity index (χ1v) is 5.81. The summed E-state index contributed by atoms with van der Waals surface area (Å²) in [6.45, 7) is 1.98. The van der Waals surface area contributed by atoms with E-state index in [9.17, 15) is 0 Å². The fraction of sp³-hybridized carbons (Fsp3) is 0.143. The average Bonchev–Trinajstić information content (AvgIpc) is 2.33. The number of ether oxygens (including phenoxy) is 1. The zero-order chi connectivity index (χ0) is 12.3. The van der Waals surface area contributed by atoms with Gasteiger partial charge >= 0.3 is 0 Å². The Kier molecular flexibility index (Phi) is 3.55. The number of benzene rings is 2. The van der Waals surface area contributed by atoms with Gasteiger partial charge in [0.25, 0.3) is 0 Å². The lowest BCUT2D eigenvalue weighted by Crippen LogP contribution is -2.03. The van der Waals surface area contributed by atoms with E-state index in [0.717, 1.165) is 11.3 Å². The molecule has 0 radical (unpaired) electrons. The molecule has 2 aromatic rings. The number of hydrogen-bond acceptors (Lipinski definition) is 2. The number of anilines is 1. The van der Waals surface area contributed by atoms with E-state index in [1.807, 2.05) is 55.5 Å². The fourth-order valence-electron chi connectivity index (χ4n) is 1.57. The van der Waals surface area contributed by atoms with Gasteiger partial charge in [0.15, 0.2) is 0 Å². The van der Waals surface area contributed by atoms with E-state index in [4.69, 9.17) is 22.1 Å². The normalized spacial score (nSPS) is 12.1. The molecule has 0 bridgehead atoms. The highest BCUT2D eigenvalue weighted by atomic mass is 35.5. The molecule has 0 amide bonds. The average molecular weight is 248 g/mol. The number of nitrogens with two attached hydrogens (primary N) is 1. The number of para-hydroxylation sites is 1. The standard InChI is InChI=1S/C14H14ClNO/c1-10(11-6-8-12(16)9-7-11)17-14-5-3-2-4-13(14)15/h2-10H,16H2,1H3. The zero-order valence-corrected chi connectivity index (χ0v) is 10.3. The predicted molar refractivity (Wildman–Crippen MR) is 71.3 cm³/mol. The van der Waals surface area contributed by atoms with Crippen molar-refractivity contribution in [3.05, 3.63) is 59.1 Å². The van der Waals surface area contributed by atoms with Crippen LogP contribution >= 0.6 is 11.6 Å². The Morgan fingerprint density at radius 1 is 1.06 bits per heavy atom. The first-order valence-electron chi connectivity index (χ1n) is 5.43. The van der Waals surface area contributed by atoms with Crippen LogP contribution in [0.1, 0.15) is 18.6 Å². The molecule has 17 heavy (non-hydrogen) atoms. The van der Waals surface area contributed by atoms with Crippen molar-refractivity contribution in [1.29, 1.82) is 0 Å². The van der Waals surface area contributed by atoms with Crippen LogP contribution in [0.4, 0.5) is 5.69 Å². The molecular weight excluding hydrogens is 234 g/mol. The summed E-state index contributed by atoms with van der Waals surface area (Å²) in [5, 5.41) is 0.620. The van der Waals surface area contributed by atoms with Crippen molar-refractivity contribution >= 4 is 17.3 Å². The van der Waals surface area contributed by atoms with Crippen molar-refractivity contribution < 1.29 is 4.74 Å². The maximum atomic E-state index is 6.04. The topological polar surface area (TPSA) is 35.2 Å². The molecule has 0 aliphatic rings. The summed E-state index contributed by atoms with van der Waals surface area (Å²) in [7, 11) is 0. The van der Waals surface area contributed by atoms with Gasteiger partial charge in [0.2, 0.25) is 0 Å². The molecule has 0 aromatic heterocycles. The van der Waals surface area contributed by atoms with Crippen LogP contribution < -0.4 is 10.5 Å². The third-order valence-electron chi connectivity index (χ3n) is 2.55. The van der Waals surface area contributed by atoms with Crippen LogP contribution in [0.2, 0.25) is 5.02 Å². The first kappa shape index (κ1) is 11.8. The van der Waals surface area contributed by atoms with Gasteiger partial charge in [-0.2, -0.15) is 0 Å². The molecule has 0 spiro atoms. The number of hydrogen-bond donors (Lipinski definition) is 1. The Bertz CT molecular complexity index is 496. The van der Waals surface area contributed by atoms with Crippen molar-refractivity contribution in [2.45, 2.75) is 13.0 Å². The van der Waals surface area contributed by atoms with Gasteiger partial charge in [-0.1, -0.05) is 35.9 Å². The van der Waals surface area contributed by atoms with Crippen LogP contribution in [0.5, 0.6) is 5.75 Å². The summed E-state index contributed by atoms with van der Waals surface area (Å²) < 4.78 is 5.80. The molecule has 0 saturated heterocycles. The molecule has 0 fully saturated rings. The second-order valence-electron chi connectivity index (χ2n) is 3.86. The van der Waals surface area contributed by atoms with Gasteiger partial charge < -0.3 is 10.5 Å². The maximum absolute atomic E-state index is 6.04. The van der Waals surface area contributed by atoms with E-state index >= 15 is 0 Å². The van der Waals surface area contributed by atoms with Gasteiger partial charge in [-0.3, -0.25) is 0 Å². The van der Waals surface area contributed by atoms with Crippen molar-refractivity contribution in [2.75, 3.05) is 5.73 Å². The number of nitrogen functional groups attached to an aromatic ring is 1. The quantitative estimate of drug-likeness (QED) is 0.830. The van der Waals surface area contributed by atoms with E-state index in [-0.39, 0.29) is 6.10 Å². The van der Waals surface area contributed by atoms with Crippen molar-refractivity contribution in [2.24, 2.45) is 0 Å². The minimum atomic E-state index is -0.0597.